The number of Topliss-reactive ketones (excluding diaryl/α,β-unsaturated/α-hetero) is 1. The normalized spacial score (nSPS) is 9.83. The number of nitrogens with one attached hydrogen (secondary N) is 1. The third-order valence-corrected chi connectivity index (χ3v) is 2.13. The van der Waals surface area contributed by atoms with Gasteiger partial charge in [-0.2, -0.15) is 0 Å². The Kier molecular flexibility index (Phi) is 2.46. The van der Waals surface area contributed by atoms with E-state index in [0.717, 1.165) is 0 Å². The van der Waals surface area contributed by atoms with Crippen molar-refractivity contribution in [2.75, 3.05) is 0 Å². The Bertz CT molecular complexity index is 345. The Morgan fingerprint density at radius 3 is 2.58 bits per heavy atom. The number of H-pyrrole nitrogens is 1. The monoisotopic (exact) mass is 280 g/mol. The Morgan fingerprint density at radius 1 is 1.75 bits per heavy atom. The van der Waals surface area contributed by atoms with E-state index < -0.39 is 4.92 Å². The van der Waals surface area contributed by atoms with Crippen LogP contribution in [0.4, 0.5) is 5.82 Å². The number of rotatable bonds is 2. The second-order valence-corrected chi connectivity index (χ2v) is 3.36. The number of ketones is 1. The highest BCUT2D eigenvalue weighted by atomic mass is 127. The van der Waals surface area contributed by atoms with Gasteiger partial charge in [-0.1, -0.05) is 0 Å². The van der Waals surface area contributed by atoms with Crippen molar-refractivity contribution in [1.29, 1.82) is 0 Å². The zero-order valence-corrected chi connectivity index (χ0v) is 8.28. The van der Waals surface area contributed by atoms with Crippen molar-refractivity contribution in [2.24, 2.45) is 0 Å². The van der Waals surface area contributed by atoms with E-state index in [1.807, 2.05) is 0 Å². The van der Waals surface area contributed by atoms with Crippen LogP contribution < -0.4 is 0 Å². The highest BCUT2D eigenvalue weighted by molar-refractivity contribution is 14.1. The van der Waals surface area contributed by atoms with Gasteiger partial charge in [0.1, 0.15) is 3.57 Å². The van der Waals surface area contributed by atoms with Gasteiger partial charge in [0.05, 0.1) is 0 Å². The quantitative estimate of drug-likeness (QED) is 0.388. The molecule has 1 heterocycles. The van der Waals surface area contributed by atoms with Crippen molar-refractivity contribution in [3.63, 3.8) is 0 Å². The molecule has 0 aliphatic carbocycles. The molecule has 0 aliphatic heterocycles. The molecule has 5 nitrogen and oxygen atoms in total. The number of nitro groups is 1. The number of hydrogen-bond acceptors (Lipinski definition) is 3. The number of carbonyl (C=O) groups excluding carboxylic acids is 1. The summed E-state index contributed by atoms with van der Waals surface area (Å²) in [6, 6.07) is 1.46. The lowest BCUT2D eigenvalue weighted by atomic mass is 10.3. The highest BCUT2D eigenvalue weighted by Crippen LogP contribution is 2.20. The van der Waals surface area contributed by atoms with Gasteiger partial charge >= 0.3 is 5.82 Å². The topological polar surface area (TPSA) is 76.0 Å². The first kappa shape index (κ1) is 9.17. The Balaban J connectivity index is 3.17. The lowest BCUT2D eigenvalue weighted by molar-refractivity contribution is -0.390. The average molecular weight is 280 g/mol. The molecule has 1 N–H and O–H groups in total. The SMILES string of the molecule is CC(=O)c1cc(I)c([N+](=O)[O-])[nH]1. The molecule has 0 atom stereocenters. The van der Waals surface area contributed by atoms with Gasteiger partial charge in [0.15, 0.2) is 11.5 Å². The van der Waals surface area contributed by atoms with Crippen molar-refractivity contribution >= 4 is 34.2 Å². The van der Waals surface area contributed by atoms with Gasteiger partial charge in [-0.25, -0.2) is 4.98 Å². The number of halogens is 1. The van der Waals surface area contributed by atoms with Crippen molar-refractivity contribution in [3.05, 3.63) is 25.4 Å². The van der Waals surface area contributed by atoms with Crippen molar-refractivity contribution in [2.45, 2.75) is 6.92 Å². The lowest BCUT2D eigenvalue weighted by Crippen LogP contribution is -1.93. The smallest absolute Gasteiger partial charge is 0.334 e. The van der Waals surface area contributed by atoms with E-state index in [9.17, 15) is 14.9 Å². The molecule has 1 rings (SSSR count). The van der Waals surface area contributed by atoms with Crippen LogP contribution in [0.2, 0.25) is 0 Å². The molecular formula is C6H5IN2O3. The second kappa shape index (κ2) is 3.21. The molecule has 64 valence electrons. The van der Waals surface area contributed by atoms with Crippen LogP contribution in [0.3, 0.4) is 0 Å². The highest BCUT2D eigenvalue weighted by Gasteiger charge is 2.17. The fourth-order valence-electron chi connectivity index (χ4n) is 0.741. The second-order valence-electron chi connectivity index (χ2n) is 2.19. The maximum Gasteiger partial charge on any atom is 0.334 e. The molecule has 1 aromatic heterocycles. The van der Waals surface area contributed by atoms with E-state index >= 15 is 0 Å². The molecule has 0 bridgehead atoms. The van der Waals surface area contributed by atoms with Crippen LogP contribution >= 0.6 is 22.6 Å². The Morgan fingerprint density at radius 2 is 2.33 bits per heavy atom. The van der Waals surface area contributed by atoms with E-state index in [2.05, 4.69) is 4.98 Å². The third-order valence-electron chi connectivity index (χ3n) is 1.31. The van der Waals surface area contributed by atoms with E-state index in [1.54, 1.807) is 22.6 Å². The molecule has 1 aromatic rings. The standard InChI is InChI=1S/C6H5IN2O3/c1-3(10)5-2-4(7)6(8-5)9(11)12/h2,8H,1H3. The molecule has 6 heteroatoms. The van der Waals surface area contributed by atoms with Gasteiger partial charge in [0.25, 0.3) is 0 Å². The Hall–Kier alpha value is -0.920. The molecule has 0 unspecified atom stereocenters. The van der Waals surface area contributed by atoms with E-state index in [1.165, 1.54) is 13.0 Å². The molecule has 0 amide bonds. The van der Waals surface area contributed by atoms with Crippen LogP contribution in [0.25, 0.3) is 0 Å². The van der Waals surface area contributed by atoms with Crippen LogP contribution in [0.1, 0.15) is 17.4 Å². The predicted molar refractivity (Wildman–Crippen MR) is 50.2 cm³/mol. The van der Waals surface area contributed by atoms with Crippen molar-refractivity contribution in [3.8, 4) is 0 Å². The van der Waals surface area contributed by atoms with Crippen LogP contribution in [-0.2, 0) is 0 Å². The van der Waals surface area contributed by atoms with Gasteiger partial charge in [0, 0.05) is 13.0 Å². The molecule has 0 aliphatic rings. The number of aromatic nitrogens is 1. The average Bonchev–Trinajstić information content (AvgIpc) is 2.30. The summed E-state index contributed by atoms with van der Waals surface area (Å²) in [5.74, 6) is -0.332. The number of nitrogens with zero attached hydrogens (tertiary/aromatic N) is 1. The van der Waals surface area contributed by atoms with Crippen LogP contribution in [-0.4, -0.2) is 15.7 Å². The van der Waals surface area contributed by atoms with E-state index in [-0.39, 0.29) is 17.3 Å². The van der Waals surface area contributed by atoms with Crippen LogP contribution in [0.15, 0.2) is 6.07 Å². The summed E-state index contributed by atoms with van der Waals surface area (Å²) in [5.41, 5.74) is 0.270. The molecule has 12 heavy (non-hydrogen) atoms. The first-order valence-electron chi connectivity index (χ1n) is 3.06. The van der Waals surface area contributed by atoms with Gasteiger partial charge in [-0.3, -0.25) is 4.79 Å². The van der Waals surface area contributed by atoms with E-state index in [4.69, 9.17) is 0 Å². The van der Waals surface area contributed by atoms with Crippen molar-refractivity contribution < 1.29 is 9.72 Å². The number of hydrogen-bond donors (Lipinski definition) is 1. The first-order chi connectivity index (χ1) is 5.52. The summed E-state index contributed by atoms with van der Waals surface area (Å²) in [7, 11) is 0. The predicted octanol–water partition coefficient (Wildman–Crippen LogP) is 1.73. The zero-order chi connectivity index (χ0) is 9.30. The Labute approximate surface area is 81.4 Å². The van der Waals surface area contributed by atoms with Crippen LogP contribution in [0.5, 0.6) is 0 Å². The van der Waals surface area contributed by atoms with Crippen molar-refractivity contribution in [1.82, 2.24) is 4.98 Å². The maximum atomic E-state index is 10.8. The fourth-order valence-corrected chi connectivity index (χ4v) is 1.38. The molecule has 0 spiro atoms. The molecule has 0 aromatic carbocycles. The molecule has 0 radical (unpaired) electrons. The summed E-state index contributed by atoms with van der Waals surface area (Å²) < 4.78 is 0.447. The number of carbonyl (C=O) groups is 1. The minimum atomic E-state index is -0.547. The summed E-state index contributed by atoms with van der Waals surface area (Å²) >= 11 is 1.80. The molecule has 0 saturated carbocycles. The van der Waals surface area contributed by atoms with Gasteiger partial charge in [-0.15, -0.1) is 0 Å². The summed E-state index contributed by atoms with van der Waals surface area (Å²) in [6.07, 6.45) is 0. The largest absolute Gasteiger partial charge is 0.358 e. The summed E-state index contributed by atoms with van der Waals surface area (Å²) in [6.45, 7) is 1.35. The minimum absolute atomic E-state index is 0.124. The van der Waals surface area contributed by atoms with Gasteiger partial charge < -0.3 is 10.1 Å². The zero-order valence-electron chi connectivity index (χ0n) is 6.13. The summed E-state index contributed by atoms with van der Waals surface area (Å²) in [5, 5.41) is 10.3. The van der Waals surface area contributed by atoms with Crippen LogP contribution in [0, 0.1) is 13.7 Å². The fraction of sp³-hybridized carbons (Fsp3) is 0.167. The minimum Gasteiger partial charge on any atom is -0.358 e. The first-order valence-corrected chi connectivity index (χ1v) is 4.14. The van der Waals surface area contributed by atoms with Gasteiger partial charge in [-0.05, 0) is 27.5 Å². The number of aromatic amines is 1. The molecule has 0 fully saturated rings. The lowest BCUT2D eigenvalue weighted by Gasteiger charge is -1.88. The summed E-state index contributed by atoms with van der Waals surface area (Å²) in [4.78, 5) is 23.0. The third kappa shape index (κ3) is 1.63. The molecule has 0 saturated heterocycles. The maximum absolute atomic E-state index is 10.8. The van der Waals surface area contributed by atoms with Gasteiger partial charge in [0.2, 0.25) is 0 Å². The van der Waals surface area contributed by atoms with E-state index in [0.29, 0.717) is 3.57 Å². The molecular weight excluding hydrogens is 275 g/mol.